The number of carbonyl (C=O) groups is 1. The standard InChI is InChI=1S/C15H15F2NO3S/c1-20-13-8-10(2-3-12(13)21-15(16)17)4-6-18-14(19)11-5-7-22-9-11/h2-3,5,7-9,15H,4,6H2,1H3,(H,18,19). The predicted molar refractivity (Wildman–Crippen MR) is 80.0 cm³/mol. The number of methoxy groups -OCH3 is 1. The number of hydrogen-bond acceptors (Lipinski definition) is 4. The highest BCUT2D eigenvalue weighted by molar-refractivity contribution is 7.08. The van der Waals surface area contributed by atoms with E-state index >= 15 is 0 Å². The van der Waals surface area contributed by atoms with E-state index in [1.54, 1.807) is 23.6 Å². The van der Waals surface area contributed by atoms with Crippen LogP contribution >= 0.6 is 11.3 Å². The molecule has 0 radical (unpaired) electrons. The van der Waals surface area contributed by atoms with E-state index in [0.29, 0.717) is 18.5 Å². The third kappa shape index (κ3) is 4.42. The highest BCUT2D eigenvalue weighted by atomic mass is 32.1. The van der Waals surface area contributed by atoms with Crippen molar-refractivity contribution in [2.45, 2.75) is 13.0 Å². The highest BCUT2D eigenvalue weighted by Crippen LogP contribution is 2.29. The van der Waals surface area contributed by atoms with Crippen LogP contribution in [0.15, 0.2) is 35.0 Å². The van der Waals surface area contributed by atoms with E-state index in [4.69, 9.17) is 4.74 Å². The minimum Gasteiger partial charge on any atom is -0.493 e. The number of rotatable bonds is 7. The van der Waals surface area contributed by atoms with Crippen LogP contribution in [-0.2, 0) is 6.42 Å². The van der Waals surface area contributed by atoms with Crippen LogP contribution in [0, 0.1) is 0 Å². The third-order valence-corrected chi connectivity index (χ3v) is 3.61. The lowest BCUT2D eigenvalue weighted by Gasteiger charge is -2.11. The predicted octanol–water partition coefficient (Wildman–Crippen LogP) is 3.33. The second-order valence-electron chi connectivity index (χ2n) is 4.38. The van der Waals surface area contributed by atoms with Gasteiger partial charge in [-0.3, -0.25) is 4.79 Å². The second kappa shape index (κ2) is 7.74. The zero-order valence-corrected chi connectivity index (χ0v) is 12.7. The molecule has 0 fully saturated rings. The summed E-state index contributed by atoms with van der Waals surface area (Å²) in [6.45, 7) is -2.46. The van der Waals surface area contributed by atoms with Crippen LogP contribution in [0.3, 0.4) is 0 Å². The summed E-state index contributed by atoms with van der Waals surface area (Å²) in [4.78, 5) is 11.8. The molecule has 22 heavy (non-hydrogen) atoms. The van der Waals surface area contributed by atoms with Crippen molar-refractivity contribution in [3.63, 3.8) is 0 Å². The lowest BCUT2D eigenvalue weighted by molar-refractivity contribution is -0.0512. The van der Waals surface area contributed by atoms with E-state index in [9.17, 15) is 13.6 Å². The molecular formula is C15H15F2NO3S. The number of ether oxygens (including phenoxy) is 2. The number of alkyl halides is 2. The minimum atomic E-state index is -2.90. The summed E-state index contributed by atoms with van der Waals surface area (Å²) in [6, 6.07) is 6.46. The zero-order chi connectivity index (χ0) is 15.9. The van der Waals surface area contributed by atoms with E-state index in [0.717, 1.165) is 5.56 Å². The molecule has 2 aromatic rings. The maximum absolute atomic E-state index is 12.2. The second-order valence-corrected chi connectivity index (χ2v) is 5.16. The lowest BCUT2D eigenvalue weighted by atomic mass is 10.1. The first-order valence-corrected chi connectivity index (χ1v) is 7.46. The van der Waals surface area contributed by atoms with Gasteiger partial charge in [-0.1, -0.05) is 6.07 Å². The molecule has 118 valence electrons. The van der Waals surface area contributed by atoms with Gasteiger partial charge in [0.1, 0.15) is 0 Å². The summed E-state index contributed by atoms with van der Waals surface area (Å²) in [5, 5.41) is 6.40. The lowest BCUT2D eigenvalue weighted by Crippen LogP contribution is -2.25. The largest absolute Gasteiger partial charge is 0.493 e. The van der Waals surface area contributed by atoms with E-state index in [1.807, 2.05) is 5.38 Å². The summed E-state index contributed by atoms with van der Waals surface area (Å²) in [5.41, 5.74) is 1.48. The normalized spacial score (nSPS) is 10.5. The first-order chi connectivity index (χ1) is 10.6. The number of thiophene rings is 1. The number of halogens is 2. The topological polar surface area (TPSA) is 47.6 Å². The molecule has 1 N–H and O–H groups in total. The molecule has 0 saturated carbocycles. The molecule has 0 spiro atoms. The Labute approximate surface area is 130 Å². The monoisotopic (exact) mass is 327 g/mol. The maximum Gasteiger partial charge on any atom is 0.387 e. The van der Waals surface area contributed by atoms with Gasteiger partial charge in [0.25, 0.3) is 5.91 Å². The molecule has 2 rings (SSSR count). The molecule has 0 aliphatic heterocycles. The van der Waals surface area contributed by atoms with Crippen LogP contribution in [0.2, 0.25) is 0 Å². The van der Waals surface area contributed by atoms with Gasteiger partial charge in [-0.15, -0.1) is 0 Å². The third-order valence-electron chi connectivity index (χ3n) is 2.93. The van der Waals surface area contributed by atoms with Crippen molar-refractivity contribution in [3.05, 3.63) is 46.2 Å². The van der Waals surface area contributed by atoms with E-state index in [1.165, 1.54) is 24.5 Å². The molecule has 0 atom stereocenters. The SMILES string of the molecule is COc1cc(CCNC(=O)c2ccsc2)ccc1OC(F)F. The summed E-state index contributed by atoms with van der Waals surface area (Å²) in [5.74, 6) is 0.0939. The highest BCUT2D eigenvalue weighted by Gasteiger charge is 2.11. The molecule has 1 amide bonds. The molecular weight excluding hydrogens is 312 g/mol. The van der Waals surface area contributed by atoms with Gasteiger partial charge in [0.05, 0.1) is 7.11 Å². The van der Waals surface area contributed by atoms with Gasteiger partial charge in [0, 0.05) is 17.5 Å². The average molecular weight is 327 g/mol. The number of amides is 1. The van der Waals surface area contributed by atoms with E-state index in [2.05, 4.69) is 10.1 Å². The maximum atomic E-state index is 12.2. The van der Waals surface area contributed by atoms with Crippen LogP contribution < -0.4 is 14.8 Å². The zero-order valence-electron chi connectivity index (χ0n) is 11.8. The summed E-state index contributed by atoms with van der Waals surface area (Å²) < 4.78 is 33.9. The first-order valence-electron chi connectivity index (χ1n) is 6.52. The Hall–Kier alpha value is -2.15. The van der Waals surface area contributed by atoms with Crippen molar-refractivity contribution in [3.8, 4) is 11.5 Å². The Balaban J connectivity index is 1.91. The fourth-order valence-electron chi connectivity index (χ4n) is 1.88. The molecule has 1 aromatic heterocycles. The van der Waals surface area contributed by atoms with Gasteiger partial charge in [-0.25, -0.2) is 0 Å². The van der Waals surface area contributed by atoms with E-state index in [-0.39, 0.29) is 17.4 Å². The molecule has 0 aliphatic carbocycles. The molecule has 4 nitrogen and oxygen atoms in total. The fourth-order valence-corrected chi connectivity index (χ4v) is 2.51. The number of carbonyl (C=O) groups excluding carboxylic acids is 1. The van der Waals surface area contributed by atoms with Crippen LogP contribution in [-0.4, -0.2) is 26.2 Å². The van der Waals surface area contributed by atoms with Gasteiger partial charge in [0.15, 0.2) is 11.5 Å². The molecule has 0 saturated heterocycles. The summed E-state index contributed by atoms with van der Waals surface area (Å²) >= 11 is 1.46. The Morgan fingerprint density at radius 3 is 2.77 bits per heavy atom. The van der Waals surface area contributed by atoms with Crippen LogP contribution in [0.4, 0.5) is 8.78 Å². The van der Waals surface area contributed by atoms with Crippen molar-refractivity contribution in [2.75, 3.05) is 13.7 Å². The van der Waals surface area contributed by atoms with Crippen molar-refractivity contribution >= 4 is 17.2 Å². The minimum absolute atomic E-state index is 0.0106. The Morgan fingerprint density at radius 2 is 2.14 bits per heavy atom. The first kappa shape index (κ1) is 16.2. The quantitative estimate of drug-likeness (QED) is 0.848. The molecule has 0 bridgehead atoms. The summed E-state index contributed by atoms with van der Waals surface area (Å²) in [6.07, 6.45) is 0.557. The van der Waals surface area contributed by atoms with Gasteiger partial charge in [-0.05, 0) is 35.6 Å². The van der Waals surface area contributed by atoms with Crippen LogP contribution in [0.25, 0.3) is 0 Å². The fraction of sp³-hybridized carbons (Fsp3) is 0.267. The number of nitrogens with one attached hydrogen (secondary N) is 1. The Bertz CT molecular complexity index is 617. The molecule has 7 heteroatoms. The Kier molecular flexibility index (Phi) is 5.71. The van der Waals surface area contributed by atoms with Crippen molar-refractivity contribution < 1.29 is 23.0 Å². The van der Waals surface area contributed by atoms with Gasteiger partial charge in [0.2, 0.25) is 0 Å². The van der Waals surface area contributed by atoms with Gasteiger partial charge < -0.3 is 14.8 Å². The van der Waals surface area contributed by atoms with Crippen molar-refractivity contribution in [1.82, 2.24) is 5.32 Å². The van der Waals surface area contributed by atoms with Crippen LogP contribution in [0.5, 0.6) is 11.5 Å². The molecule has 0 aliphatic rings. The Morgan fingerprint density at radius 1 is 1.32 bits per heavy atom. The summed E-state index contributed by atoms with van der Waals surface area (Å²) in [7, 11) is 1.38. The molecule has 1 heterocycles. The number of benzene rings is 1. The van der Waals surface area contributed by atoms with Crippen LogP contribution in [0.1, 0.15) is 15.9 Å². The molecule has 0 unspecified atom stereocenters. The molecule has 1 aromatic carbocycles. The van der Waals surface area contributed by atoms with E-state index < -0.39 is 6.61 Å². The number of hydrogen-bond donors (Lipinski definition) is 1. The van der Waals surface area contributed by atoms with Crippen molar-refractivity contribution in [2.24, 2.45) is 0 Å². The average Bonchev–Trinajstić information content (AvgIpc) is 3.02. The van der Waals surface area contributed by atoms with Gasteiger partial charge >= 0.3 is 6.61 Å². The van der Waals surface area contributed by atoms with Crippen molar-refractivity contribution in [1.29, 1.82) is 0 Å². The smallest absolute Gasteiger partial charge is 0.387 e. The van der Waals surface area contributed by atoms with Gasteiger partial charge in [-0.2, -0.15) is 20.1 Å².